The van der Waals surface area contributed by atoms with Crippen molar-refractivity contribution in [3.8, 4) is 0 Å². The highest BCUT2D eigenvalue weighted by molar-refractivity contribution is 5.67. The van der Waals surface area contributed by atoms with E-state index in [-0.39, 0.29) is 13.2 Å². The molecule has 0 aliphatic rings. The zero-order valence-corrected chi connectivity index (χ0v) is 9.15. The maximum Gasteiger partial charge on any atom is 0.410 e. The third-order valence-corrected chi connectivity index (χ3v) is 1.40. The molecule has 5 heteroatoms. The average molecular weight is 205 g/mol. The SMILES string of the molecule is CN(CC(O)CO)C(=O)OC(C)(C)C. The molecule has 0 aliphatic carbocycles. The number of carbonyl (C=O) groups is 1. The summed E-state index contributed by atoms with van der Waals surface area (Å²) in [6, 6.07) is 0. The van der Waals surface area contributed by atoms with E-state index in [4.69, 9.17) is 14.9 Å². The van der Waals surface area contributed by atoms with Crippen LogP contribution in [0, 0.1) is 0 Å². The van der Waals surface area contributed by atoms with Gasteiger partial charge in [0.25, 0.3) is 0 Å². The molecule has 0 aromatic rings. The maximum atomic E-state index is 11.3. The third kappa shape index (κ3) is 5.77. The molecule has 0 aromatic carbocycles. The van der Waals surface area contributed by atoms with E-state index in [0.717, 1.165) is 0 Å². The number of hydrogen-bond acceptors (Lipinski definition) is 4. The van der Waals surface area contributed by atoms with E-state index in [2.05, 4.69) is 0 Å². The maximum absolute atomic E-state index is 11.3. The van der Waals surface area contributed by atoms with Gasteiger partial charge < -0.3 is 19.8 Å². The molecule has 2 N–H and O–H groups in total. The number of ether oxygens (including phenoxy) is 1. The molecule has 84 valence electrons. The van der Waals surface area contributed by atoms with Crippen LogP contribution in [0.4, 0.5) is 4.79 Å². The second kappa shape index (κ2) is 5.17. The molecule has 0 aliphatic heterocycles. The molecule has 0 heterocycles. The number of amides is 1. The monoisotopic (exact) mass is 205 g/mol. The van der Waals surface area contributed by atoms with Crippen LogP contribution in [0.2, 0.25) is 0 Å². The first-order valence-electron chi connectivity index (χ1n) is 4.49. The van der Waals surface area contributed by atoms with Crippen molar-refractivity contribution in [2.75, 3.05) is 20.2 Å². The van der Waals surface area contributed by atoms with Crippen molar-refractivity contribution in [2.24, 2.45) is 0 Å². The second-order valence-electron chi connectivity index (χ2n) is 4.20. The number of aliphatic hydroxyl groups excluding tert-OH is 2. The Hall–Kier alpha value is -0.810. The van der Waals surface area contributed by atoms with Gasteiger partial charge in [0.2, 0.25) is 0 Å². The molecule has 0 saturated heterocycles. The van der Waals surface area contributed by atoms with E-state index in [1.54, 1.807) is 20.8 Å². The molecular weight excluding hydrogens is 186 g/mol. The molecule has 14 heavy (non-hydrogen) atoms. The molecule has 0 fully saturated rings. The standard InChI is InChI=1S/C9H19NO4/c1-9(2,3)14-8(13)10(4)5-7(12)6-11/h7,11-12H,5-6H2,1-4H3. The molecule has 5 nitrogen and oxygen atoms in total. The predicted molar refractivity (Wildman–Crippen MR) is 52.0 cm³/mol. The Morgan fingerprint density at radius 3 is 2.36 bits per heavy atom. The van der Waals surface area contributed by atoms with E-state index in [0.29, 0.717) is 0 Å². The van der Waals surface area contributed by atoms with Crippen LogP contribution in [0.5, 0.6) is 0 Å². The highest BCUT2D eigenvalue weighted by Gasteiger charge is 2.20. The summed E-state index contributed by atoms with van der Waals surface area (Å²) in [6.07, 6.45) is -1.43. The van der Waals surface area contributed by atoms with E-state index >= 15 is 0 Å². The van der Waals surface area contributed by atoms with Gasteiger partial charge in [0, 0.05) is 7.05 Å². The fourth-order valence-corrected chi connectivity index (χ4v) is 0.788. The quantitative estimate of drug-likeness (QED) is 0.691. The third-order valence-electron chi connectivity index (χ3n) is 1.40. The molecule has 1 atom stereocenters. The van der Waals surface area contributed by atoms with Gasteiger partial charge in [-0.1, -0.05) is 0 Å². The number of aliphatic hydroxyl groups is 2. The second-order valence-corrected chi connectivity index (χ2v) is 4.20. The van der Waals surface area contributed by atoms with Crippen LogP contribution < -0.4 is 0 Å². The van der Waals surface area contributed by atoms with Crippen molar-refractivity contribution in [3.63, 3.8) is 0 Å². The highest BCUT2D eigenvalue weighted by Crippen LogP contribution is 2.09. The van der Waals surface area contributed by atoms with Crippen molar-refractivity contribution in [3.05, 3.63) is 0 Å². The van der Waals surface area contributed by atoms with Crippen molar-refractivity contribution < 1.29 is 19.7 Å². The fraction of sp³-hybridized carbons (Fsp3) is 0.889. The molecule has 1 unspecified atom stereocenters. The minimum atomic E-state index is -0.924. The minimum Gasteiger partial charge on any atom is -0.444 e. The lowest BCUT2D eigenvalue weighted by molar-refractivity contribution is 0.0137. The number of carbonyl (C=O) groups excluding carboxylic acids is 1. The van der Waals surface area contributed by atoms with Crippen molar-refractivity contribution in [1.29, 1.82) is 0 Å². The van der Waals surface area contributed by atoms with Gasteiger partial charge in [0.15, 0.2) is 0 Å². The van der Waals surface area contributed by atoms with Crippen LogP contribution in [0.25, 0.3) is 0 Å². The summed E-state index contributed by atoms with van der Waals surface area (Å²) in [5.41, 5.74) is -0.546. The Bertz CT molecular complexity index is 188. The first-order valence-corrected chi connectivity index (χ1v) is 4.49. The molecular formula is C9H19NO4. The molecule has 1 amide bonds. The first kappa shape index (κ1) is 13.2. The lowest BCUT2D eigenvalue weighted by atomic mass is 10.2. The summed E-state index contributed by atoms with van der Waals surface area (Å²) in [6.45, 7) is 4.99. The predicted octanol–water partition coefficient (Wildman–Crippen LogP) is 0.206. The number of nitrogens with zero attached hydrogens (tertiary/aromatic N) is 1. The summed E-state index contributed by atoms with van der Waals surface area (Å²) < 4.78 is 5.04. The van der Waals surface area contributed by atoms with Crippen LogP contribution >= 0.6 is 0 Å². The van der Waals surface area contributed by atoms with Crippen LogP contribution in [0.15, 0.2) is 0 Å². The Labute approximate surface area is 84.3 Å². The molecule has 0 spiro atoms. The Morgan fingerprint density at radius 2 is 2.00 bits per heavy atom. The summed E-state index contributed by atoms with van der Waals surface area (Å²) >= 11 is 0. The minimum absolute atomic E-state index is 0.0609. The lowest BCUT2D eigenvalue weighted by Gasteiger charge is -2.25. The summed E-state index contributed by atoms with van der Waals surface area (Å²) in [5.74, 6) is 0. The van der Waals surface area contributed by atoms with Gasteiger partial charge in [-0.3, -0.25) is 0 Å². The van der Waals surface area contributed by atoms with E-state index < -0.39 is 17.8 Å². The van der Waals surface area contributed by atoms with Crippen molar-refractivity contribution in [1.82, 2.24) is 4.90 Å². The van der Waals surface area contributed by atoms with E-state index in [1.165, 1.54) is 11.9 Å². The zero-order valence-electron chi connectivity index (χ0n) is 9.15. The van der Waals surface area contributed by atoms with Crippen molar-refractivity contribution >= 4 is 6.09 Å². The summed E-state index contributed by atoms with van der Waals surface area (Å²) in [7, 11) is 1.51. The fourth-order valence-electron chi connectivity index (χ4n) is 0.788. The largest absolute Gasteiger partial charge is 0.444 e. The molecule has 0 radical (unpaired) electrons. The van der Waals surface area contributed by atoms with Crippen LogP contribution in [0.3, 0.4) is 0 Å². The normalized spacial score (nSPS) is 13.6. The van der Waals surface area contributed by atoms with Crippen molar-refractivity contribution in [2.45, 2.75) is 32.5 Å². The van der Waals surface area contributed by atoms with Gasteiger partial charge in [0.05, 0.1) is 19.3 Å². The Morgan fingerprint density at radius 1 is 1.50 bits per heavy atom. The Balaban J connectivity index is 4.00. The summed E-state index contributed by atoms with van der Waals surface area (Å²) in [5, 5.41) is 17.6. The molecule has 0 saturated carbocycles. The highest BCUT2D eigenvalue weighted by atomic mass is 16.6. The van der Waals surface area contributed by atoms with Gasteiger partial charge in [0.1, 0.15) is 5.60 Å². The molecule has 0 aromatic heterocycles. The first-order chi connectivity index (χ1) is 6.26. The Kier molecular flexibility index (Phi) is 4.87. The van der Waals surface area contributed by atoms with E-state index in [1.807, 2.05) is 0 Å². The van der Waals surface area contributed by atoms with Crippen LogP contribution in [-0.4, -0.2) is 53.1 Å². The van der Waals surface area contributed by atoms with Gasteiger partial charge in [-0.25, -0.2) is 4.79 Å². The number of likely N-dealkylation sites (N-methyl/N-ethyl adjacent to an activating group) is 1. The van der Waals surface area contributed by atoms with Gasteiger partial charge in [-0.05, 0) is 20.8 Å². The topological polar surface area (TPSA) is 70.0 Å². The number of rotatable bonds is 3. The van der Waals surface area contributed by atoms with E-state index in [9.17, 15) is 4.79 Å². The molecule has 0 bridgehead atoms. The van der Waals surface area contributed by atoms with Gasteiger partial charge in [-0.2, -0.15) is 0 Å². The zero-order chi connectivity index (χ0) is 11.4. The molecule has 0 rings (SSSR count). The lowest BCUT2D eigenvalue weighted by Crippen LogP contribution is -2.39. The smallest absolute Gasteiger partial charge is 0.410 e. The van der Waals surface area contributed by atoms with Crippen LogP contribution in [-0.2, 0) is 4.74 Å². The summed E-state index contributed by atoms with van der Waals surface area (Å²) in [4.78, 5) is 12.5. The number of hydrogen-bond donors (Lipinski definition) is 2. The van der Waals surface area contributed by atoms with Crippen LogP contribution in [0.1, 0.15) is 20.8 Å². The van der Waals surface area contributed by atoms with Gasteiger partial charge in [-0.15, -0.1) is 0 Å². The van der Waals surface area contributed by atoms with Gasteiger partial charge >= 0.3 is 6.09 Å². The average Bonchev–Trinajstić information content (AvgIpc) is 2.00.